The zero-order chi connectivity index (χ0) is 13.8. The van der Waals surface area contributed by atoms with Crippen LogP contribution < -0.4 is 5.32 Å². The maximum absolute atomic E-state index is 11.9. The quantitative estimate of drug-likeness (QED) is 0.786. The molecule has 104 valence electrons. The molecule has 0 aromatic carbocycles. The summed E-state index contributed by atoms with van der Waals surface area (Å²) in [5, 5.41) is 11.6. The second-order valence-corrected chi connectivity index (χ2v) is 5.30. The van der Waals surface area contributed by atoms with E-state index >= 15 is 0 Å². The van der Waals surface area contributed by atoms with Gasteiger partial charge in [0.15, 0.2) is 0 Å². The van der Waals surface area contributed by atoms with Crippen LogP contribution in [0, 0.1) is 5.41 Å². The SMILES string of the molecule is CN(C(=O)NCC(C)(C)C(=O)O)C1CCOCC1. The van der Waals surface area contributed by atoms with Crippen molar-refractivity contribution in [1.29, 1.82) is 0 Å². The van der Waals surface area contributed by atoms with Crippen LogP contribution in [0.15, 0.2) is 0 Å². The van der Waals surface area contributed by atoms with Gasteiger partial charge in [-0.15, -0.1) is 0 Å². The Hall–Kier alpha value is -1.30. The molecule has 6 nitrogen and oxygen atoms in total. The number of amides is 2. The average Bonchev–Trinajstić information content (AvgIpc) is 2.36. The molecule has 1 aliphatic heterocycles. The predicted octanol–water partition coefficient (Wildman–Crippen LogP) is 0.918. The van der Waals surface area contributed by atoms with E-state index in [1.165, 1.54) is 0 Å². The van der Waals surface area contributed by atoms with Crippen LogP contribution in [0.1, 0.15) is 26.7 Å². The Morgan fingerprint density at radius 2 is 1.94 bits per heavy atom. The van der Waals surface area contributed by atoms with Gasteiger partial charge < -0.3 is 20.1 Å². The predicted molar refractivity (Wildman–Crippen MR) is 66.4 cm³/mol. The fourth-order valence-corrected chi connectivity index (χ4v) is 1.74. The Morgan fingerprint density at radius 3 is 2.44 bits per heavy atom. The van der Waals surface area contributed by atoms with Crippen molar-refractivity contribution >= 4 is 12.0 Å². The van der Waals surface area contributed by atoms with E-state index < -0.39 is 11.4 Å². The largest absolute Gasteiger partial charge is 0.481 e. The van der Waals surface area contributed by atoms with Gasteiger partial charge >= 0.3 is 12.0 Å². The van der Waals surface area contributed by atoms with Crippen LogP contribution in [0.25, 0.3) is 0 Å². The number of carbonyl (C=O) groups is 2. The number of aliphatic carboxylic acids is 1. The number of ether oxygens (including phenoxy) is 1. The fourth-order valence-electron chi connectivity index (χ4n) is 1.74. The summed E-state index contributed by atoms with van der Waals surface area (Å²) in [5.41, 5.74) is -0.952. The number of nitrogens with one attached hydrogen (secondary N) is 1. The highest BCUT2D eigenvalue weighted by molar-refractivity contribution is 5.77. The van der Waals surface area contributed by atoms with Gasteiger partial charge in [0.25, 0.3) is 0 Å². The number of hydrogen-bond donors (Lipinski definition) is 2. The highest BCUT2D eigenvalue weighted by Gasteiger charge is 2.29. The molecule has 6 heteroatoms. The summed E-state index contributed by atoms with van der Waals surface area (Å²) in [4.78, 5) is 24.5. The normalized spacial score (nSPS) is 17.3. The van der Waals surface area contributed by atoms with E-state index in [0.29, 0.717) is 13.2 Å². The first kappa shape index (κ1) is 14.8. The first-order valence-corrected chi connectivity index (χ1v) is 6.16. The zero-order valence-corrected chi connectivity index (χ0v) is 11.2. The highest BCUT2D eigenvalue weighted by atomic mass is 16.5. The number of hydrogen-bond acceptors (Lipinski definition) is 3. The average molecular weight is 258 g/mol. The number of carbonyl (C=O) groups excluding carboxylic acids is 1. The van der Waals surface area contributed by atoms with Gasteiger partial charge in [0.05, 0.1) is 5.41 Å². The van der Waals surface area contributed by atoms with E-state index in [0.717, 1.165) is 12.8 Å². The van der Waals surface area contributed by atoms with E-state index in [2.05, 4.69) is 5.32 Å². The van der Waals surface area contributed by atoms with E-state index in [1.54, 1.807) is 25.8 Å². The first-order chi connectivity index (χ1) is 8.34. The Bertz CT molecular complexity index is 311. The van der Waals surface area contributed by atoms with E-state index in [9.17, 15) is 9.59 Å². The summed E-state index contributed by atoms with van der Waals surface area (Å²) in [6.45, 7) is 4.63. The lowest BCUT2D eigenvalue weighted by Gasteiger charge is -2.32. The first-order valence-electron chi connectivity index (χ1n) is 6.16. The van der Waals surface area contributed by atoms with Crippen molar-refractivity contribution in [2.24, 2.45) is 5.41 Å². The summed E-state index contributed by atoms with van der Waals surface area (Å²) >= 11 is 0. The molecule has 0 unspecified atom stereocenters. The molecule has 18 heavy (non-hydrogen) atoms. The van der Waals surface area contributed by atoms with Crippen molar-refractivity contribution in [1.82, 2.24) is 10.2 Å². The molecular weight excluding hydrogens is 236 g/mol. The van der Waals surface area contributed by atoms with Crippen LogP contribution in [0.5, 0.6) is 0 Å². The molecule has 1 fully saturated rings. The van der Waals surface area contributed by atoms with Crippen LogP contribution >= 0.6 is 0 Å². The van der Waals surface area contributed by atoms with Gasteiger partial charge in [-0.3, -0.25) is 4.79 Å². The summed E-state index contributed by atoms with van der Waals surface area (Å²) in [7, 11) is 1.74. The van der Waals surface area contributed by atoms with Gasteiger partial charge in [0.1, 0.15) is 0 Å². The second-order valence-electron chi connectivity index (χ2n) is 5.30. The van der Waals surface area contributed by atoms with Crippen LogP contribution in [0.2, 0.25) is 0 Å². The van der Waals surface area contributed by atoms with E-state index in [-0.39, 0.29) is 18.6 Å². The van der Waals surface area contributed by atoms with Gasteiger partial charge in [-0.05, 0) is 26.7 Å². The molecule has 1 aliphatic rings. The lowest BCUT2D eigenvalue weighted by atomic mass is 9.94. The number of urea groups is 1. The molecular formula is C12H22N2O4. The Morgan fingerprint density at radius 1 is 1.39 bits per heavy atom. The standard InChI is InChI=1S/C12H22N2O4/c1-12(2,10(15)16)8-13-11(17)14(3)9-4-6-18-7-5-9/h9H,4-8H2,1-3H3,(H,13,17)(H,15,16). The van der Waals surface area contributed by atoms with Crippen molar-refractivity contribution < 1.29 is 19.4 Å². The molecule has 0 aliphatic carbocycles. The van der Waals surface area contributed by atoms with Crippen LogP contribution in [-0.4, -0.2) is 54.9 Å². The van der Waals surface area contributed by atoms with E-state index in [4.69, 9.17) is 9.84 Å². The van der Waals surface area contributed by atoms with Crippen LogP contribution in [0.3, 0.4) is 0 Å². The van der Waals surface area contributed by atoms with Gasteiger partial charge in [0, 0.05) is 32.8 Å². The topological polar surface area (TPSA) is 78.9 Å². The van der Waals surface area contributed by atoms with Crippen molar-refractivity contribution in [3.05, 3.63) is 0 Å². The van der Waals surface area contributed by atoms with Crippen LogP contribution in [0.4, 0.5) is 4.79 Å². The third kappa shape index (κ3) is 3.87. The monoisotopic (exact) mass is 258 g/mol. The third-order valence-electron chi connectivity index (χ3n) is 3.32. The lowest BCUT2D eigenvalue weighted by molar-refractivity contribution is -0.146. The van der Waals surface area contributed by atoms with Crippen LogP contribution in [-0.2, 0) is 9.53 Å². The minimum atomic E-state index is -0.952. The Balaban J connectivity index is 2.42. The number of carboxylic acid groups (broad SMARTS) is 1. The minimum Gasteiger partial charge on any atom is -0.481 e. The fraction of sp³-hybridized carbons (Fsp3) is 0.833. The summed E-state index contributed by atoms with van der Waals surface area (Å²) in [6, 6.07) is -0.0529. The maximum Gasteiger partial charge on any atom is 0.317 e. The highest BCUT2D eigenvalue weighted by Crippen LogP contribution is 2.15. The Labute approximate surface area is 107 Å². The number of carboxylic acids is 1. The van der Waals surface area contributed by atoms with Crippen molar-refractivity contribution in [3.8, 4) is 0 Å². The number of rotatable bonds is 4. The third-order valence-corrected chi connectivity index (χ3v) is 3.32. The minimum absolute atomic E-state index is 0.120. The number of nitrogens with zero attached hydrogens (tertiary/aromatic N) is 1. The molecule has 0 atom stereocenters. The van der Waals surface area contributed by atoms with Crippen molar-refractivity contribution in [3.63, 3.8) is 0 Å². The second kappa shape index (κ2) is 6.04. The molecule has 0 aromatic heterocycles. The smallest absolute Gasteiger partial charge is 0.317 e. The molecule has 0 aromatic rings. The molecule has 0 saturated carbocycles. The molecule has 0 bridgehead atoms. The molecule has 0 radical (unpaired) electrons. The van der Waals surface area contributed by atoms with Gasteiger partial charge in [-0.25, -0.2) is 4.79 Å². The molecule has 1 saturated heterocycles. The Kier molecular flexibility index (Phi) is 4.95. The molecule has 1 heterocycles. The maximum atomic E-state index is 11.9. The summed E-state index contributed by atoms with van der Waals surface area (Å²) in [5.74, 6) is -0.920. The van der Waals surface area contributed by atoms with Gasteiger partial charge in [-0.2, -0.15) is 0 Å². The summed E-state index contributed by atoms with van der Waals surface area (Å²) < 4.78 is 5.24. The summed E-state index contributed by atoms with van der Waals surface area (Å²) in [6.07, 6.45) is 1.65. The lowest BCUT2D eigenvalue weighted by Crippen LogP contribution is -2.48. The van der Waals surface area contributed by atoms with Crippen molar-refractivity contribution in [2.75, 3.05) is 26.8 Å². The van der Waals surface area contributed by atoms with Crippen molar-refractivity contribution in [2.45, 2.75) is 32.7 Å². The van der Waals surface area contributed by atoms with Gasteiger partial charge in [-0.1, -0.05) is 0 Å². The molecule has 2 N–H and O–H groups in total. The molecule has 2 amide bonds. The zero-order valence-electron chi connectivity index (χ0n) is 11.2. The van der Waals surface area contributed by atoms with Gasteiger partial charge in [0.2, 0.25) is 0 Å². The van der Waals surface area contributed by atoms with E-state index in [1.807, 2.05) is 0 Å². The molecule has 1 rings (SSSR count). The molecule has 0 spiro atoms.